The van der Waals surface area contributed by atoms with Crippen LogP contribution in [0.25, 0.3) is 0 Å². The van der Waals surface area contributed by atoms with Crippen molar-refractivity contribution in [1.29, 1.82) is 0 Å². The SMILES string of the molecule is C/C=C/CN1CCCC2(CCC(=O)N(CCc3ccccc3)C2)C1. The summed E-state index contributed by atoms with van der Waals surface area (Å²) in [5.41, 5.74) is 1.65. The lowest BCUT2D eigenvalue weighted by Crippen LogP contribution is -2.54. The predicted molar refractivity (Wildman–Crippen MR) is 98.9 cm³/mol. The van der Waals surface area contributed by atoms with Crippen LogP contribution in [0.5, 0.6) is 0 Å². The normalized spacial score (nSPS) is 25.7. The first-order chi connectivity index (χ1) is 11.7. The molecule has 1 atom stereocenters. The van der Waals surface area contributed by atoms with Gasteiger partial charge in [0.1, 0.15) is 0 Å². The van der Waals surface area contributed by atoms with Crippen LogP contribution in [0, 0.1) is 5.41 Å². The number of hydrogen-bond donors (Lipinski definition) is 0. The van der Waals surface area contributed by atoms with Crippen LogP contribution in [-0.2, 0) is 11.2 Å². The van der Waals surface area contributed by atoms with E-state index in [-0.39, 0.29) is 0 Å². The third-order valence-corrected chi connectivity index (χ3v) is 5.60. The molecule has 2 heterocycles. The molecule has 0 aliphatic carbocycles. The summed E-state index contributed by atoms with van der Waals surface area (Å²) in [5.74, 6) is 0.349. The summed E-state index contributed by atoms with van der Waals surface area (Å²) in [4.78, 5) is 17.1. The summed E-state index contributed by atoms with van der Waals surface area (Å²) in [7, 11) is 0. The molecule has 0 saturated carbocycles. The van der Waals surface area contributed by atoms with Gasteiger partial charge in [0.15, 0.2) is 0 Å². The Morgan fingerprint density at radius 3 is 2.79 bits per heavy atom. The Morgan fingerprint density at radius 1 is 1.17 bits per heavy atom. The topological polar surface area (TPSA) is 23.6 Å². The Balaban J connectivity index is 1.60. The number of carbonyl (C=O) groups is 1. The number of benzene rings is 1. The van der Waals surface area contributed by atoms with E-state index < -0.39 is 0 Å². The summed E-state index contributed by atoms with van der Waals surface area (Å²) < 4.78 is 0. The van der Waals surface area contributed by atoms with Crippen LogP contribution in [-0.4, -0.2) is 48.4 Å². The number of likely N-dealkylation sites (tertiary alicyclic amines) is 2. The first kappa shape index (κ1) is 17.2. The highest BCUT2D eigenvalue weighted by Crippen LogP contribution is 2.38. The molecule has 0 radical (unpaired) electrons. The average Bonchev–Trinajstić information content (AvgIpc) is 2.62. The van der Waals surface area contributed by atoms with Crippen molar-refractivity contribution < 1.29 is 4.79 Å². The second-order valence-corrected chi connectivity index (χ2v) is 7.46. The fourth-order valence-corrected chi connectivity index (χ4v) is 4.27. The Bertz CT molecular complexity index is 568. The Kier molecular flexibility index (Phi) is 5.72. The highest BCUT2D eigenvalue weighted by atomic mass is 16.2. The van der Waals surface area contributed by atoms with Crippen LogP contribution in [0.1, 0.15) is 38.2 Å². The van der Waals surface area contributed by atoms with Crippen LogP contribution >= 0.6 is 0 Å². The summed E-state index contributed by atoms with van der Waals surface area (Å²) in [6, 6.07) is 10.5. The summed E-state index contributed by atoms with van der Waals surface area (Å²) in [6.45, 7) is 7.29. The molecule has 1 amide bonds. The van der Waals surface area contributed by atoms with Crippen molar-refractivity contribution in [2.75, 3.05) is 32.7 Å². The lowest BCUT2D eigenvalue weighted by molar-refractivity contribution is -0.139. The molecular formula is C21H30N2O. The largest absolute Gasteiger partial charge is 0.342 e. The molecule has 1 unspecified atom stereocenters. The van der Waals surface area contributed by atoms with E-state index in [4.69, 9.17) is 0 Å². The molecule has 24 heavy (non-hydrogen) atoms. The summed E-state index contributed by atoms with van der Waals surface area (Å²) >= 11 is 0. The van der Waals surface area contributed by atoms with Crippen LogP contribution in [0.4, 0.5) is 0 Å². The van der Waals surface area contributed by atoms with Crippen molar-refractivity contribution in [2.45, 2.75) is 39.0 Å². The van der Waals surface area contributed by atoms with Crippen molar-refractivity contribution in [3.63, 3.8) is 0 Å². The van der Waals surface area contributed by atoms with E-state index in [9.17, 15) is 4.79 Å². The lowest BCUT2D eigenvalue weighted by Gasteiger charge is -2.48. The van der Waals surface area contributed by atoms with Gasteiger partial charge in [-0.15, -0.1) is 0 Å². The fourth-order valence-electron chi connectivity index (χ4n) is 4.27. The van der Waals surface area contributed by atoms with Crippen molar-refractivity contribution in [3.05, 3.63) is 48.0 Å². The minimum absolute atomic E-state index is 0.324. The number of carbonyl (C=O) groups excluding carboxylic acids is 1. The Morgan fingerprint density at radius 2 is 2.00 bits per heavy atom. The molecule has 0 bridgehead atoms. The van der Waals surface area contributed by atoms with Gasteiger partial charge in [0.2, 0.25) is 5.91 Å². The molecule has 3 rings (SSSR count). The minimum atomic E-state index is 0.324. The van der Waals surface area contributed by atoms with Crippen molar-refractivity contribution in [3.8, 4) is 0 Å². The highest BCUT2D eigenvalue weighted by Gasteiger charge is 2.41. The molecule has 2 aliphatic heterocycles. The second kappa shape index (κ2) is 7.98. The molecule has 2 saturated heterocycles. The average molecular weight is 326 g/mol. The predicted octanol–water partition coefficient (Wildman–Crippen LogP) is 3.51. The van der Waals surface area contributed by atoms with Gasteiger partial charge in [0, 0.05) is 38.0 Å². The van der Waals surface area contributed by atoms with Gasteiger partial charge >= 0.3 is 0 Å². The van der Waals surface area contributed by atoms with Crippen molar-refractivity contribution >= 4 is 5.91 Å². The standard InChI is InChI=1S/C21H30N2O/c1-2-3-14-22-15-7-12-21(17-22)13-10-20(24)23(18-21)16-11-19-8-5-4-6-9-19/h2-6,8-9H,7,10-18H2,1H3/b3-2+. The molecule has 2 aliphatic rings. The molecule has 3 nitrogen and oxygen atoms in total. The van der Waals surface area contributed by atoms with Crippen molar-refractivity contribution in [2.24, 2.45) is 5.41 Å². The van der Waals surface area contributed by atoms with Crippen LogP contribution in [0.3, 0.4) is 0 Å². The molecule has 130 valence electrons. The van der Waals surface area contributed by atoms with Gasteiger partial charge in [-0.05, 0) is 44.7 Å². The lowest BCUT2D eigenvalue weighted by atomic mass is 9.73. The third kappa shape index (κ3) is 4.27. The quantitative estimate of drug-likeness (QED) is 0.773. The fraction of sp³-hybridized carbons (Fsp3) is 0.571. The highest BCUT2D eigenvalue weighted by molar-refractivity contribution is 5.77. The Hall–Kier alpha value is -1.61. The summed E-state index contributed by atoms with van der Waals surface area (Å²) in [5, 5.41) is 0. The first-order valence-corrected chi connectivity index (χ1v) is 9.36. The van der Waals surface area contributed by atoms with Gasteiger partial charge in [0.05, 0.1) is 0 Å². The number of nitrogens with zero attached hydrogens (tertiary/aromatic N) is 2. The molecule has 0 N–H and O–H groups in total. The zero-order valence-electron chi connectivity index (χ0n) is 14.9. The van der Waals surface area contributed by atoms with E-state index in [1.807, 2.05) is 6.07 Å². The number of rotatable bonds is 5. The van der Waals surface area contributed by atoms with E-state index in [0.29, 0.717) is 11.3 Å². The molecule has 1 spiro atoms. The van der Waals surface area contributed by atoms with Crippen LogP contribution < -0.4 is 0 Å². The first-order valence-electron chi connectivity index (χ1n) is 9.36. The van der Waals surface area contributed by atoms with Gasteiger partial charge in [-0.25, -0.2) is 0 Å². The van der Waals surface area contributed by atoms with E-state index in [1.165, 1.54) is 24.9 Å². The van der Waals surface area contributed by atoms with E-state index in [0.717, 1.165) is 45.4 Å². The maximum absolute atomic E-state index is 12.4. The maximum Gasteiger partial charge on any atom is 0.222 e. The van der Waals surface area contributed by atoms with Gasteiger partial charge in [0.25, 0.3) is 0 Å². The van der Waals surface area contributed by atoms with E-state index >= 15 is 0 Å². The van der Waals surface area contributed by atoms with E-state index in [1.54, 1.807) is 0 Å². The third-order valence-electron chi connectivity index (χ3n) is 5.60. The molecule has 1 aromatic carbocycles. The van der Waals surface area contributed by atoms with Gasteiger partial charge in [-0.3, -0.25) is 9.69 Å². The zero-order valence-corrected chi connectivity index (χ0v) is 14.9. The molecule has 2 fully saturated rings. The maximum atomic E-state index is 12.4. The van der Waals surface area contributed by atoms with Gasteiger partial charge in [-0.1, -0.05) is 42.5 Å². The molecular weight excluding hydrogens is 296 g/mol. The zero-order chi connectivity index (χ0) is 16.8. The monoisotopic (exact) mass is 326 g/mol. The van der Waals surface area contributed by atoms with Crippen LogP contribution in [0.2, 0.25) is 0 Å². The molecule has 3 heteroatoms. The Labute approximate surface area is 146 Å². The number of allylic oxidation sites excluding steroid dienone is 1. The smallest absolute Gasteiger partial charge is 0.222 e. The van der Waals surface area contributed by atoms with Crippen molar-refractivity contribution in [1.82, 2.24) is 9.80 Å². The van der Waals surface area contributed by atoms with Crippen LogP contribution in [0.15, 0.2) is 42.5 Å². The number of piperidine rings is 2. The number of hydrogen-bond acceptors (Lipinski definition) is 2. The summed E-state index contributed by atoms with van der Waals surface area (Å²) in [6.07, 6.45) is 9.68. The minimum Gasteiger partial charge on any atom is -0.342 e. The van der Waals surface area contributed by atoms with Gasteiger partial charge < -0.3 is 4.90 Å². The second-order valence-electron chi connectivity index (χ2n) is 7.46. The molecule has 0 aromatic heterocycles. The molecule has 1 aromatic rings. The van der Waals surface area contributed by atoms with E-state index in [2.05, 4.69) is 53.1 Å². The number of amides is 1. The van der Waals surface area contributed by atoms with Gasteiger partial charge in [-0.2, -0.15) is 0 Å².